The Morgan fingerprint density at radius 2 is 1.46 bits per heavy atom. The second-order valence-electron chi connectivity index (χ2n) is 8.29. The van der Waals surface area contributed by atoms with Gasteiger partial charge in [-0.05, 0) is 70.1 Å². The van der Waals surface area contributed by atoms with E-state index in [0.717, 1.165) is 17.7 Å². The molecule has 0 fully saturated rings. The van der Waals surface area contributed by atoms with Crippen molar-refractivity contribution in [1.29, 1.82) is 5.26 Å². The number of amides is 1. The zero-order valence-electron chi connectivity index (χ0n) is 20.8. The third-order valence-electron chi connectivity index (χ3n) is 4.03. The van der Waals surface area contributed by atoms with Crippen LogP contribution in [0.25, 0.3) is 0 Å². The highest BCUT2D eigenvalue weighted by atomic mass is 32.1. The summed E-state index contributed by atoms with van der Waals surface area (Å²) in [6.45, 7) is 9.84. The van der Waals surface area contributed by atoms with Crippen LogP contribution in [0, 0.1) is 23.2 Å². The summed E-state index contributed by atoms with van der Waals surface area (Å²) in [7, 11) is 0. The molecule has 0 atom stereocenters. The van der Waals surface area contributed by atoms with Gasteiger partial charge in [-0.15, -0.1) is 0 Å². The maximum absolute atomic E-state index is 11.5. The van der Waals surface area contributed by atoms with Crippen molar-refractivity contribution in [2.24, 2.45) is 0 Å². The Labute approximate surface area is 213 Å². The van der Waals surface area contributed by atoms with Crippen LogP contribution in [0.1, 0.15) is 39.2 Å². The Morgan fingerprint density at radius 3 is 2.00 bits per heavy atom. The van der Waals surface area contributed by atoms with Crippen molar-refractivity contribution >= 4 is 29.1 Å². The van der Waals surface area contributed by atoms with E-state index in [0.29, 0.717) is 64.3 Å². The summed E-state index contributed by atoms with van der Waals surface area (Å²) in [4.78, 5) is 11.5. The number of hydrogen-bond acceptors (Lipinski definition) is 7. The summed E-state index contributed by atoms with van der Waals surface area (Å²) in [6, 6.07) is 9.14. The van der Waals surface area contributed by atoms with E-state index in [1.807, 2.05) is 45.0 Å². The Morgan fingerprint density at radius 1 is 0.914 bits per heavy atom. The molecule has 9 nitrogen and oxygen atoms in total. The van der Waals surface area contributed by atoms with Crippen molar-refractivity contribution in [1.82, 2.24) is 10.6 Å². The van der Waals surface area contributed by atoms with E-state index in [-0.39, 0.29) is 0 Å². The van der Waals surface area contributed by atoms with Gasteiger partial charge in [0.25, 0.3) is 0 Å². The van der Waals surface area contributed by atoms with Crippen LogP contribution in [0.5, 0.6) is 0 Å². The topological polar surface area (TPSA) is 114 Å². The maximum atomic E-state index is 11.5. The molecule has 0 bridgehead atoms. The van der Waals surface area contributed by atoms with Crippen molar-refractivity contribution in [3.63, 3.8) is 0 Å². The highest BCUT2D eigenvalue weighted by Gasteiger charge is 2.15. The van der Waals surface area contributed by atoms with E-state index in [9.17, 15) is 4.79 Å². The number of benzene rings is 1. The van der Waals surface area contributed by atoms with E-state index in [4.69, 9.17) is 36.4 Å². The number of thiocarbonyl (C=S) groups is 1. The molecule has 0 spiro atoms. The quantitative estimate of drug-likeness (QED) is 0.188. The number of hydrogen-bond donors (Lipinski definition) is 3. The number of alkyl carbamates (subject to hydrolysis) is 1. The van der Waals surface area contributed by atoms with Gasteiger partial charge in [-0.3, -0.25) is 0 Å². The summed E-state index contributed by atoms with van der Waals surface area (Å²) < 4.78 is 21.6. The fraction of sp³-hybridized carbons (Fsp3) is 0.560. The van der Waals surface area contributed by atoms with E-state index in [1.54, 1.807) is 6.07 Å². The first-order chi connectivity index (χ1) is 16.8. The fourth-order valence-electron chi connectivity index (χ4n) is 2.51. The molecular weight excluding hydrogens is 468 g/mol. The summed E-state index contributed by atoms with van der Waals surface area (Å²) in [6.07, 6.45) is 1.10. The Bertz CT molecular complexity index is 854. The molecule has 3 N–H and O–H groups in total. The highest BCUT2D eigenvalue weighted by Crippen LogP contribution is 2.08. The maximum Gasteiger partial charge on any atom is 0.407 e. The molecule has 0 radical (unpaired) electrons. The number of carbonyl (C=O) groups excluding carboxylic acids is 1. The first kappa shape index (κ1) is 30.1. The second-order valence-corrected chi connectivity index (χ2v) is 8.70. The minimum atomic E-state index is -0.491. The first-order valence-corrected chi connectivity index (χ1v) is 12.0. The number of anilines is 1. The summed E-state index contributed by atoms with van der Waals surface area (Å²) in [5.41, 5.74) is 1.13. The normalized spacial score (nSPS) is 10.5. The minimum Gasteiger partial charge on any atom is -0.444 e. The standard InChI is InChI=1S/C25H36N4O5S/c1-25(2,3)34-24(30)28-14-6-16-32-18-20-33-19-17-31-15-5-13-27-23(35)29-22-10-8-21(9-11-22)7-4-12-26/h8-11H,5-6,13-20H2,1-3H3,(H,28,30)(H2,27,29,35). The van der Waals surface area contributed by atoms with Gasteiger partial charge in [-0.2, -0.15) is 5.26 Å². The third kappa shape index (κ3) is 18.2. The van der Waals surface area contributed by atoms with Crippen LogP contribution in [0.3, 0.4) is 0 Å². The first-order valence-electron chi connectivity index (χ1n) is 11.6. The SMILES string of the molecule is CC(C)(C)OC(=O)NCCCOCCOCCOCCCNC(=S)Nc1ccc(C#CC#N)cc1. The van der Waals surface area contributed by atoms with Crippen LogP contribution in [-0.4, -0.2) is 69.5 Å². The Balaban J connectivity index is 1.88. The molecule has 1 rings (SSSR count). The number of ether oxygens (including phenoxy) is 4. The predicted molar refractivity (Wildman–Crippen MR) is 139 cm³/mol. The molecule has 0 aromatic heterocycles. The fourth-order valence-corrected chi connectivity index (χ4v) is 2.73. The minimum absolute atomic E-state index is 0.415. The summed E-state index contributed by atoms with van der Waals surface area (Å²) >= 11 is 5.27. The van der Waals surface area contributed by atoms with E-state index < -0.39 is 11.7 Å². The molecule has 1 amide bonds. The van der Waals surface area contributed by atoms with Crippen molar-refractivity contribution < 1.29 is 23.7 Å². The molecule has 10 heteroatoms. The molecule has 35 heavy (non-hydrogen) atoms. The number of nitrogens with one attached hydrogen (secondary N) is 3. The van der Waals surface area contributed by atoms with E-state index in [1.165, 1.54) is 0 Å². The second kappa shape index (κ2) is 18.4. The Kier molecular flexibility index (Phi) is 15.9. The molecular formula is C25H36N4O5S. The van der Waals surface area contributed by atoms with Gasteiger partial charge in [0, 0.05) is 43.5 Å². The van der Waals surface area contributed by atoms with Gasteiger partial charge in [-0.1, -0.05) is 5.92 Å². The van der Waals surface area contributed by atoms with E-state index >= 15 is 0 Å². The largest absolute Gasteiger partial charge is 0.444 e. The molecule has 0 heterocycles. The van der Waals surface area contributed by atoms with Crippen LogP contribution < -0.4 is 16.0 Å². The number of nitriles is 1. The van der Waals surface area contributed by atoms with Gasteiger partial charge in [0.2, 0.25) is 0 Å². The lowest BCUT2D eigenvalue weighted by Gasteiger charge is -2.19. The lowest BCUT2D eigenvalue weighted by molar-refractivity contribution is 0.0137. The van der Waals surface area contributed by atoms with Gasteiger partial charge in [0.1, 0.15) is 5.60 Å². The van der Waals surface area contributed by atoms with E-state index in [2.05, 4.69) is 27.8 Å². The molecule has 0 saturated heterocycles. The smallest absolute Gasteiger partial charge is 0.407 e. The van der Waals surface area contributed by atoms with Crippen molar-refractivity contribution in [2.45, 2.75) is 39.2 Å². The van der Waals surface area contributed by atoms with Crippen LogP contribution >= 0.6 is 12.2 Å². The van der Waals surface area contributed by atoms with Gasteiger partial charge >= 0.3 is 6.09 Å². The zero-order chi connectivity index (χ0) is 25.8. The number of carbonyl (C=O) groups is 1. The van der Waals surface area contributed by atoms with Gasteiger partial charge in [0.05, 0.1) is 26.4 Å². The molecule has 1 aromatic rings. The summed E-state index contributed by atoms with van der Waals surface area (Å²) in [5, 5.41) is 17.9. The third-order valence-corrected chi connectivity index (χ3v) is 4.28. The van der Waals surface area contributed by atoms with Crippen molar-refractivity contribution in [3.8, 4) is 17.9 Å². The van der Waals surface area contributed by atoms with Gasteiger partial charge in [0.15, 0.2) is 11.2 Å². The lowest BCUT2D eigenvalue weighted by atomic mass is 10.2. The van der Waals surface area contributed by atoms with Crippen LogP contribution in [0.4, 0.5) is 10.5 Å². The Hall–Kier alpha value is -2.89. The lowest BCUT2D eigenvalue weighted by Crippen LogP contribution is -2.33. The van der Waals surface area contributed by atoms with Crippen molar-refractivity contribution in [3.05, 3.63) is 29.8 Å². The molecule has 0 aliphatic carbocycles. The van der Waals surface area contributed by atoms with Gasteiger partial charge < -0.3 is 34.9 Å². The van der Waals surface area contributed by atoms with Crippen molar-refractivity contribution in [2.75, 3.05) is 58.0 Å². The molecule has 0 saturated carbocycles. The zero-order valence-corrected chi connectivity index (χ0v) is 21.6. The average Bonchev–Trinajstić information content (AvgIpc) is 2.80. The van der Waals surface area contributed by atoms with Gasteiger partial charge in [-0.25, -0.2) is 4.79 Å². The van der Waals surface area contributed by atoms with Crippen LogP contribution in [-0.2, 0) is 18.9 Å². The number of nitrogens with zero attached hydrogens (tertiary/aromatic N) is 1. The van der Waals surface area contributed by atoms with Crippen LogP contribution in [0.2, 0.25) is 0 Å². The molecule has 192 valence electrons. The summed E-state index contributed by atoms with van der Waals surface area (Å²) in [5.74, 6) is 5.09. The molecule has 0 unspecified atom stereocenters. The molecule has 1 aromatic carbocycles. The predicted octanol–water partition coefficient (Wildman–Crippen LogP) is 3.20. The molecule has 0 aliphatic rings. The highest BCUT2D eigenvalue weighted by molar-refractivity contribution is 7.80. The monoisotopic (exact) mass is 504 g/mol. The average molecular weight is 505 g/mol. The van der Waals surface area contributed by atoms with Crippen LogP contribution in [0.15, 0.2) is 24.3 Å². The molecule has 0 aliphatic heterocycles. The number of rotatable bonds is 15.